The van der Waals surface area contributed by atoms with Crippen molar-refractivity contribution in [2.75, 3.05) is 38.1 Å². The first-order valence-electron chi connectivity index (χ1n) is 9.73. The smallest absolute Gasteiger partial charge is 0.345 e. The molecule has 0 spiro atoms. The van der Waals surface area contributed by atoms with Gasteiger partial charge in [0.25, 0.3) is 0 Å². The first kappa shape index (κ1) is 18.2. The summed E-state index contributed by atoms with van der Waals surface area (Å²) in [6.07, 6.45) is 4.76. The third-order valence-corrected chi connectivity index (χ3v) is 5.81. The van der Waals surface area contributed by atoms with E-state index in [4.69, 9.17) is 16.0 Å². The van der Waals surface area contributed by atoms with Crippen molar-refractivity contribution in [1.82, 2.24) is 14.3 Å². The fourth-order valence-electron chi connectivity index (χ4n) is 3.89. The summed E-state index contributed by atoms with van der Waals surface area (Å²) in [5.41, 5.74) is 2.88. The van der Waals surface area contributed by atoms with Crippen LogP contribution in [0.1, 0.15) is 6.42 Å². The van der Waals surface area contributed by atoms with Crippen LogP contribution in [-0.2, 0) is 0 Å². The van der Waals surface area contributed by atoms with E-state index in [1.165, 1.54) is 0 Å². The van der Waals surface area contributed by atoms with Crippen molar-refractivity contribution in [2.24, 2.45) is 0 Å². The molecular weight excluding hydrogens is 388 g/mol. The Morgan fingerprint density at radius 2 is 2.00 bits per heavy atom. The fraction of sp³-hybridized carbons (Fsp3) is 0.273. The molecule has 4 heterocycles. The van der Waals surface area contributed by atoms with Gasteiger partial charge in [-0.3, -0.25) is 0 Å². The van der Waals surface area contributed by atoms with Crippen LogP contribution in [0.4, 0.5) is 5.69 Å². The van der Waals surface area contributed by atoms with Crippen LogP contribution in [0.15, 0.2) is 58.0 Å². The fourth-order valence-corrected chi connectivity index (χ4v) is 4.10. The van der Waals surface area contributed by atoms with E-state index in [2.05, 4.69) is 27.9 Å². The van der Waals surface area contributed by atoms with Gasteiger partial charge in [-0.1, -0.05) is 11.6 Å². The van der Waals surface area contributed by atoms with Crippen molar-refractivity contribution in [2.45, 2.75) is 6.42 Å². The molecule has 29 heavy (non-hydrogen) atoms. The number of anilines is 1. The molecule has 0 saturated carbocycles. The van der Waals surface area contributed by atoms with Crippen LogP contribution >= 0.6 is 11.6 Å². The molecule has 4 aromatic rings. The van der Waals surface area contributed by atoms with Crippen LogP contribution in [0.5, 0.6) is 0 Å². The zero-order valence-corrected chi connectivity index (χ0v) is 16.9. The molecule has 0 aliphatic carbocycles. The third kappa shape index (κ3) is 3.39. The number of halogens is 1. The molecule has 0 atom stereocenters. The summed E-state index contributed by atoms with van der Waals surface area (Å²) in [4.78, 5) is 21.9. The average Bonchev–Trinajstić information content (AvgIpc) is 3.03. The van der Waals surface area contributed by atoms with Crippen molar-refractivity contribution in [3.63, 3.8) is 0 Å². The zero-order chi connectivity index (χ0) is 20.0. The van der Waals surface area contributed by atoms with Gasteiger partial charge in [-0.25, -0.2) is 9.78 Å². The lowest BCUT2D eigenvalue weighted by Gasteiger charge is -2.22. The molecular formula is C22H21ClN4O2. The Hall–Kier alpha value is -2.83. The molecule has 148 valence electrons. The standard InChI is InChI=1S/C22H21ClN4O2/c1-25-7-3-9-26(11-10-25)16-6-5-15-12-17(22(28)29-20(15)13-16)19-14-27-8-2-4-18(23)21(27)24-19/h2,4-6,8,12-14H,3,7,9-11H2,1H3. The van der Waals surface area contributed by atoms with Crippen LogP contribution in [-0.4, -0.2) is 47.5 Å². The number of likely N-dealkylation sites (N-methyl/N-ethyl adjacent to an activating group) is 1. The number of fused-ring (bicyclic) bond motifs is 2. The largest absolute Gasteiger partial charge is 0.422 e. The normalized spacial score (nSPS) is 15.9. The van der Waals surface area contributed by atoms with Gasteiger partial charge in [0, 0.05) is 49.2 Å². The lowest BCUT2D eigenvalue weighted by atomic mass is 10.1. The van der Waals surface area contributed by atoms with E-state index in [-0.39, 0.29) is 0 Å². The van der Waals surface area contributed by atoms with Crippen molar-refractivity contribution >= 4 is 33.9 Å². The highest BCUT2D eigenvalue weighted by molar-refractivity contribution is 6.33. The van der Waals surface area contributed by atoms with E-state index in [0.717, 1.165) is 43.7 Å². The Morgan fingerprint density at radius 1 is 1.10 bits per heavy atom. The Kier molecular flexibility index (Phi) is 4.53. The van der Waals surface area contributed by atoms with Crippen LogP contribution in [0, 0.1) is 0 Å². The second-order valence-corrected chi connectivity index (χ2v) is 7.93. The summed E-state index contributed by atoms with van der Waals surface area (Å²) >= 11 is 6.21. The first-order chi connectivity index (χ1) is 14.1. The molecule has 7 heteroatoms. The minimum absolute atomic E-state index is 0.398. The Bertz CT molecular complexity index is 1260. The molecule has 1 saturated heterocycles. The number of aromatic nitrogens is 2. The number of hydrogen-bond donors (Lipinski definition) is 0. The van der Waals surface area contributed by atoms with Gasteiger partial charge in [0.2, 0.25) is 0 Å². The van der Waals surface area contributed by atoms with Gasteiger partial charge in [-0.05, 0) is 50.3 Å². The molecule has 0 amide bonds. The van der Waals surface area contributed by atoms with Gasteiger partial charge in [0.1, 0.15) is 5.58 Å². The summed E-state index contributed by atoms with van der Waals surface area (Å²) in [6, 6.07) is 11.5. The maximum absolute atomic E-state index is 12.7. The van der Waals surface area contributed by atoms with E-state index < -0.39 is 5.63 Å². The van der Waals surface area contributed by atoms with Gasteiger partial charge in [0.15, 0.2) is 5.65 Å². The Balaban J connectivity index is 1.54. The van der Waals surface area contributed by atoms with E-state index in [1.807, 2.05) is 30.5 Å². The zero-order valence-electron chi connectivity index (χ0n) is 16.1. The molecule has 1 aromatic carbocycles. The molecule has 1 fully saturated rings. The minimum Gasteiger partial charge on any atom is -0.422 e. The summed E-state index contributed by atoms with van der Waals surface area (Å²) in [5.74, 6) is 0. The van der Waals surface area contributed by atoms with Gasteiger partial charge in [0.05, 0.1) is 16.3 Å². The van der Waals surface area contributed by atoms with Crippen LogP contribution in [0.2, 0.25) is 5.02 Å². The summed E-state index contributed by atoms with van der Waals surface area (Å²) in [6.45, 7) is 4.09. The molecule has 0 radical (unpaired) electrons. The highest BCUT2D eigenvalue weighted by atomic mass is 35.5. The Morgan fingerprint density at radius 3 is 2.86 bits per heavy atom. The molecule has 0 unspecified atom stereocenters. The second-order valence-electron chi connectivity index (χ2n) is 7.53. The first-order valence-corrected chi connectivity index (χ1v) is 10.1. The van der Waals surface area contributed by atoms with Crippen LogP contribution in [0.3, 0.4) is 0 Å². The number of imidazole rings is 1. The van der Waals surface area contributed by atoms with E-state index in [1.54, 1.807) is 16.7 Å². The number of pyridine rings is 1. The monoisotopic (exact) mass is 408 g/mol. The molecule has 1 aliphatic heterocycles. The van der Waals surface area contributed by atoms with Crippen molar-refractivity contribution in [1.29, 1.82) is 0 Å². The minimum atomic E-state index is -0.398. The SMILES string of the molecule is CN1CCCN(c2ccc3cc(-c4cn5cccc(Cl)c5n4)c(=O)oc3c2)CC1. The van der Waals surface area contributed by atoms with Gasteiger partial charge < -0.3 is 18.6 Å². The van der Waals surface area contributed by atoms with E-state index >= 15 is 0 Å². The number of nitrogens with zero attached hydrogens (tertiary/aromatic N) is 4. The highest BCUT2D eigenvalue weighted by Crippen LogP contribution is 2.27. The third-order valence-electron chi connectivity index (χ3n) is 5.52. The second kappa shape index (κ2) is 7.21. The van der Waals surface area contributed by atoms with E-state index in [9.17, 15) is 4.79 Å². The predicted octanol–water partition coefficient (Wildman–Crippen LogP) is 3.90. The van der Waals surface area contributed by atoms with Crippen molar-refractivity contribution < 1.29 is 4.42 Å². The van der Waals surface area contributed by atoms with E-state index in [0.29, 0.717) is 27.5 Å². The maximum Gasteiger partial charge on any atom is 0.345 e. The molecule has 3 aromatic heterocycles. The number of rotatable bonds is 2. The average molecular weight is 409 g/mol. The summed E-state index contributed by atoms with van der Waals surface area (Å²) < 4.78 is 7.49. The summed E-state index contributed by atoms with van der Waals surface area (Å²) in [7, 11) is 2.15. The molecule has 1 aliphatic rings. The topological polar surface area (TPSA) is 54.0 Å². The molecule has 6 nitrogen and oxygen atoms in total. The Labute approximate surface area is 172 Å². The van der Waals surface area contributed by atoms with Gasteiger partial charge in [-0.2, -0.15) is 0 Å². The highest BCUT2D eigenvalue weighted by Gasteiger charge is 2.16. The van der Waals surface area contributed by atoms with Crippen molar-refractivity contribution in [3.8, 4) is 11.3 Å². The molecule has 0 N–H and O–H groups in total. The van der Waals surface area contributed by atoms with Crippen LogP contribution < -0.4 is 10.5 Å². The lowest BCUT2D eigenvalue weighted by molar-refractivity contribution is 0.360. The maximum atomic E-state index is 12.7. The quantitative estimate of drug-likeness (QED) is 0.471. The summed E-state index contributed by atoms with van der Waals surface area (Å²) in [5, 5.41) is 1.41. The van der Waals surface area contributed by atoms with Gasteiger partial charge in [-0.15, -0.1) is 0 Å². The molecule has 5 rings (SSSR count). The van der Waals surface area contributed by atoms with Crippen molar-refractivity contribution in [3.05, 3.63) is 64.2 Å². The predicted molar refractivity (Wildman–Crippen MR) is 116 cm³/mol. The molecule has 0 bridgehead atoms. The number of benzene rings is 1. The lowest BCUT2D eigenvalue weighted by Crippen LogP contribution is -2.28. The van der Waals surface area contributed by atoms with Gasteiger partial charge >= 0.3 is 5.63 Å². The number of hydrogen-bond acceptors (Lipinski definition) is 5. The van der Waals surface area contributed by atoms with Crippen LogP contribution in [0.25, 0.3) is 27.9 Å².